The van der Waals surface area contributed by atoms with Crippen LogP contribution in [0.25, 0.3) is 0 Å². The predicted molar refractivity (Wildman–Crippen MR) is 104 cm³/mol. The number of nitriles is 1. The van der Waals surface area contributed by atoms with E-state index in [0.717, 1.165) is 15.5 Å². The number of anilines is 1. The standard InChI is InChI=1S/C18H17N3O3S2/c1-13(26-15-9-7-14(8-10-15)21(23)24)18(22)20-16-5-2-3-6-17(16)25-12-4-11-19/h2-3,5-10,13H,4,12H2,1H3,(H,20,22). The van der Waals surface area contributed by atoms with Gasteiger partial charge in [-0.15, -0.1) is 23.5 Å². The zero-order valence-electron chi connectivity index (χ0n) is 14.0. The first-order chi connectivity index (χ1) is 12.5. The summed E-state index contributed by atoms with van der Waals surface area (Å²) in [6.07, 6.45) is 0.444. The molecule has 2 aromatic rings. The van der Waals surface area contributed by atoms with Crippen molar-refractivity contribution in [2.24, 2.45) is 0 Å². The number of nitrogens with one attached hydrogen (secondary N) is 1. The maximum Gasteiger partial charge on any atom is 0.269 e. The maximum atomic E-state index is 12.5. The molecule has 26 heavy (non-hydrogen) atoms. The Hall–Kier alpha value is -2.50. The quantitative estimate of drug-likeness (QED) is 0.305. The lowest BCUT2D eigenvalue weighted by Gasteiger charge is -2.14. The van der Waals surface area contributed by atoms with Gasteiger partial charge in [-0.3, -0.25) is 14.9 Å². The first-order valence-corrected chi connectivity index (χ1v) is 9.68. The van der Waals surface area contributed by atoms with Gasteiger partial charge in [0.25, 0.3) is 5.69 Å². The zero-order valence-corrected chi connectivity index (χ0v) is 15.7. The number of benzene rings is 2. The molecule has 0 heterocycles. The largest absolute Gasteiger partial charge is 0.324 e. The van der Waals surface area contributed by atoms with Crippen molar-refractivity contribution in [1.82, 2.24) is 0 Å². The molecule has 6 nitrogen and oxygen atoms in total. The summed E-state index contributed by atoms with van der Waals surface area (Å²) in [5.41, 5.74) is 0.742. The minimum atomic E-state index is -0.453. The van der Waals surface area contributed by atoms with Crippen molar-refractivity contribution in [3.63, 3.8) is 0 Å². The van der Waals surface area contributed by atoms with Gasteiger partial charge in [0.1, 0.15) is 0 Å². The summed E-state index contributed by atoms with van der Waals surface area (Å²) in [6, 6.07) is 15.7. The van der Waals surface area contributed by atoms with Gasteiger partial charge in [0, 0.05) is 34.1 Å². The van der Waals surface area contributed by atoms with Crippen LogP contribution >= 0.6 is 23.5 Å². The van der Waals surface area contributed by atoms with Gasteiger partial charge in [0.15, 0.2) is 0 Å². The molecule has 0 aliphatic rings. The Morgan fingerprint density at radius 3 is 2.62 bits per heavy atom. The minimum Gasteiger partial charge on any atom is -0.324 e. The van der Waals surface area contributed by atoms with Crippen molar-refractivity contribution in [3.8, 4) is 6.07 Å². The van der Waals surface area contributed by atoms with E-state index < -0.39 is 4.92 Å². The van der Waals surface area contributed by atoms with Gasteiger partial charge in [0.2, 0.25) is 5.91 Å². The van der Waals surface area contributed by atoms with Crippen LogP contribution in [0.15, 0.2) is 58.3 Å². The number of para-hydroxylation sites is 1. The topological polar surface area (TPSA) is 96.0 Å². The highest BCUT2D eigenvalue weighted by atomic mass is 32.2. The number of non-ortho nitro benzene ring substituents is 1. The highest BCUT2D eigenvalue weighted by Gasteiger charge is 2.16. The van der Waals surface area contributed by atoms with E-state index in [1.807, 2.05) is 24.3 Å². The van der Waals surface area contributed by atoms with E-state index in [9.17, 15) is 14.9 Å². The van der Waals surface area contributed by atoms with Crippen molar-refractivity contribution in [1.29, 1.82) is 5.26 Å². The van der Waals surface area contributed by atoms with Crippen molar-refractivity contribution in [3.05, 3.63) is 58.6 Å². The fourth-order valence-electron chi connectivity index (χ4n) is 2.04. The molecule has 0 fully saturated rings. The Morgan fingerprint density at radius 2 is 1.96 bits per heavy atom. The molecule has 0 aliphatic heterocycles. The Morgan fingerprint density at radius 1 is 1.27 bits per heavy atom. The Labute approximate surface area is 160 Å². The van der Waals surface area contributed by atoms with Crippen LogP contribution in [0.1, 0.15) is 13.3 Å². The number of nitro benzene ring substituents is 1. The number of amides is 1. The molecule has 0 bridgehead atoms. The number of carbonyl (C=O) groups is 1. The monoisotopic (exact) mass is 387 g/mol. The SMILES string of the molecule is CC(Sc1ccc([N+](=O)[O-])cc1)C(=O)Nc1ccccc1SCCC#N. The molecule has 0 aliphatic carbocycles. The fraction of sp³-hybridized carbons (Fsp3) is 0.222. The lowest BCUT2D eigenvalue weighted by atomic mass is 10.3. The van der Waals surface area contributed by atoms with Gasteiger partial charge in [-0.25, -0.2) is 0 Å². The smallest absolute Gasteiger partial charge is 0.269 e. The summed E-state index contributed by atoms with van der Waals surface area (Å²) in [7, 11) is 0. The summed E-state index contributed by atoms with van der Waals surface area (Å²) >= 11 is 2.86. The van der Waals surface area contributed by atoms with E-state index in [1.165, 1.54) is 35.7 Å². The van der Waals surface area contributed by atoms with Gasteiger partial charge in [0.05, 0.1) is 21.9 Å². The summed E-state index contributed by atoms with van der Waals surface area (Å²) in [5.74, 6) is 0.512. The number of hydrogen-bond acceptors (Lipinski definition) is 6. The van der Waals surface area contributed by atoms with Crippen LogP contribution in [0.4, 0.5) is 11.4 Å². The maximum absolute atomic E-state index is 12.5. The first kappa shape index (κ1) is 19.8. The van der Waals surface area contributed by atoms with Crippen molar-refractivity contribution < 1.29 is 9.72 Å². The third-order valence-corrected chi connectivity index (χ3v) is 5.53. The molecule has 1 unspecified atom stereocenters. The van der Waals surface area contributed by atoms with E-state index in [0.29, 0.717) is 12.2 Å². The molecule has 2 rings (SSSR count). The first-order valence-electron chi connectivity index (χ1n) is 7.82. The molecule has 134 valence electrons. The summed E-state index contributed by atoms with van der Waals surface area (Å²) < 4.78 is 0. The molecule has 0 radical (unpaired) electrons. The molecular formula is C18H17N3O3S2. The molecule has 0 aromatic heterocycles. The van der Waals surface area contributed by atoms with Crippen LogP contribution in [-0.4, -0.2) is 21.8 Å². The molecule has 8 heteroatoms. The van der Waals surface area contributed by atoms with E-state index in [4.69, 9.17) is 5.26 Å². The van der Waals surface area contributed by atoms with Crippen LogP contribution in [0.5, 0.6) is 0 Å². The second-order valence-electron chi connectivity index (χ2n) is 5.25. The summed E-state index contributed by atoms with van der Waals surface area (Å²) in [5, 5.41) is 21.9. The molecule has 1 N–H and O–H groups in total. The van der Waals surface area contributed by atoms with Gasteiger partial charge < -0.3 is 5.32 Å². The van der Waals surface area contributed by atoms with Gasteiger partial charge in [-0.05, 0) is 31.2 Å². The number of thioether (sulfide) groups is 2. The average molecular weight is 387 g/mol. The van der Waals surface area contributed by atoms with Gasteiger partial charge in [-0.2, -0.15) is 5.26 Å². The van der Waals surface area contributed by atoms with Crippen molar-refractivity contribution >= 4 is 40.8 Å². The molecule has 1 atom stereocenters. The van der Waals surface area contributed by atoms with E-state index in [1.54, 1.807) is 19.1 Å². The van der Waals surface area contributed by atoms with Crippen LogP contribution in [0.2, 0.25) is 0 Å². The Balaban J connectivity index is 1.98. The normalized spacial score (nSPS) is 11.4. The number of rotatable bonds is 8. The second kappa shape index (κ2) is 9.85. The predicted octanol–water partition coefficient (Wildman–Crippen LogP) is 4.72. The highest BCUT2D eigenvalue weighted by Crippen LogP contribution is 2.30. The number of nitrogens with zero attached hydrogens (tertiary/aromatic N) is 2. The van der Waals surface area contributed by atoms with Crippen molar-refractivity contribution in [2.45, 2.75) is 28.4 Å². The van der Waals surface area contributed by atoms with E-state index in [2.05, 4.69) is 11.4 Å². The summed E-state index contributed by atoms with van der Waals surface area (Å²) in [4.78, 5) is 24.4. The Kier molecular flexibility index (Phi) is 7.51. The molecule has 0 spiro atoms. The van der Waals surface area contributed by atoms with Crippen LogP contribution in [0, 0.1) is 21.4 Å². The highest BCUT2D eigenvalue weighted by molar-refractivity contribution is 8.00. The van der Waals surface area contributed by atoms with Crippen LogP contribution < -0.4 is 5.32 Å². The fourth-order valence-corrected chi connectivity index (χ4v) is 3.77. The average Bonchev–Trinajstić information content (AvgIpc) is 2.63. The number of nitro groups is 1. The van der Waals surface area contributed by atoms with Gasteiger partial charge >= 0.3 is 0 Å². The van der Waals surface area contributed by atoms with Crippen LogP contribution in [-0.2, 0) is 4.79 Å². The van der Waals surface area contributed by atoms with Crippen molar-refractivity contribution in [2.75, 3.05) is 11.1 Å². The molecular weight excluding hydrogens is 370 g/mol. The molecule has 0 saturated carbocycles. The van der Waals surface area contributed by atoms with E-state index >= 15 is 0 Å². The van der Waals surface area contributed by atoms with E-state index in [-0.39, 0.29) is 16.8 Å². The third-order valence-electron chi connectivity index (χ3n) is 3.35. The zero-order chi connectivity index (χ0) is 18.9. The lowest BCUT2D eigenvalue weighted by Crippen LogP contribution is -2.22. The Bertz CT molecular complexity index is 819. The van der Waals surface area contributed by atoms with Gasteiger partial charge in [-0.1, -0.05) is 12.1 Å². The number of carbonyl (C=O) groups excluding carboxylic acids is 1. The lowest BCUT2D eigenvalue weighted by molar-refractivity contribution is -0.384. The molecule has 0 saturated heterocycles. The third kappa shape index (κ3) is 5.79. The molecule has 2 aromatic carbocycles. The number of hydrogen-bond donors (Lipinski definition) is 1. The van der Waals surface area contributed by atoms with Crippen LogP contribution in [0.3, 0.4) is 0 Å². The molecule has 1 amide bonds. The second-order valence-corrected chi connectivity index (χ2v) is 7.80. The summed E-state index contributed by atoms with van der Waals surface area (Å²) in [6.45, 7) is 1.78. The minimum absolute atomic E-state index is 0.0229.